The molecule has 1 saturated heterocycles. The maximum atomic E-state index is 12.5. The number of anilines is 2. The number of halogens is 3. The number of nitrogen functional groups attached to an aromatic ring is 1. The fourth-order valence-corrected chi connectivity index (χ4v) is 1.75. The second-order valence-corrected chi connectivity index (χ2v) is 4.05. The lowest BCUT2D eigenvalue weighted by Gasteiger charge is -2.23. The third-order valence-corrected chi connectivity index (χ3v) is 2.55. The van der Waals surface area contributed by atoms with Gasteiger partial charge in [0.1, 0.15) is 5.82 Å². The third kappa shape index (κ3) is 3.22. The zero-order valence-electron chi connectivity index (χ0n) is 9.50. The molecule has 2 rings (SSSR count). The number of alkyl halides is 3. The summed E-state index contributed by atoms with van der Waals surface area (Å²) in [6.45, 7) is 1.13. The van der Waals surface area contributed by atoms with Crippen LogP contribution in [0.4, 0.5) is 24.9 Å². The van der Waals surface area contributed by atoms with Gasteiger partial charge in [-0.2, -0.15) is 18.2 Å². The SMILES string of the molecule is Nc1nc(NC2CCCOC2)cc(C(F)(F)F)n1. The summed E-state index contributed by atoms with van der Waals surface area (Å²) in [5, 5.41) is 2.88. The van der Waals surface area contributed by atoms with E-state index in [9.17, 15) is 13.2 Å². The molecule has 0 radical (unpaired) electrons. The van der Waals surface area contributed by atoms with Crippen molar-refractivity contribution in [3.63, 3.8) is 0 Å². The highest BCUT2D eigenvalue weighted by Crippen LogP contribution is 2.29. The Labute approximate surface area is 102 Å². The fraction of sp³-hybridized carbons (Fsp3) is 0.600. The summed E-state index contributed by atoms with van der Waals surface area (Å²) >= 11 is 0. The van der Waals surface area contributed by atoms with Gasteiger partial charge >= 0.3 is 6.18 Å². The minimum absolute atomic E-state index is 0.0471. The maximum absolute atomic E-state index is 12.5. The van der Waals surface area contributed by atoms with Gasteiger partial charge in [-0.1, -0.05) is 0 Å². The first-order valence-electron chi connectivity index (χ1n) is 5.51. The van der Waals surface area contributed by atoms with Gasteiger partial charge in [0.05, 0.1) is 12.6 Å². The van der Waals surface area contributed by atoms with Crippen molar-refractivity contribution in [2.75, 3.05) is 24.3 Å². The van der Waals surface area contributed by atoms with E-state index >= 15 is 0 Å². The predicted octanol–water partition coefficient (Wildman–Crippen LogP) is 1.67. The van der Waals surface area contributed by atoms with Crippen molar-refractivity contribution in [3.8, 4) is 0 Å². The number of aromatic nitrogens is 2. The van der Waals surface area contributed by atoms with Crippen LogP contribution in [0.3, 0.4) is 0 Å². The first-order valence-corrected chi connectivity index (χ1v) is 5.51. The number of nitrogens with zero attached hydrogens (tertiary/aromatic N) is 2. The molecule has 0 saturated carbocycles. The van der Waals surface area contributed by atoms with Crippen LogP contribution in [0.5, 0.6) is 0 Å². The van der Waals surface area contributed by atoms with Crippen LogP contribution in [0.2, 0.25) is 0 Å². The van der Waals surface area contributed by atoms with Crippen LogP contribution in [0.25, 0.3) is 0 Å². The van der Waals surface area contributed by atoms with E-state index in [1.165, 1.54) is 0 Å². The highest BCUT2D eigenvalue weighted by Gasteiger charge is 2.33. The Hall–Kier alpha value is -1.57. The summed E-state index contributed by atoms with van der Waals surface area (Å²) in [6.07, 6.45) is -2.84. The van der Waals surface area contributed by atoms with Gasteiger partial charge in [0, 0.05) is 12.7 Å². The highest BCUT2D eigenvalue weighted by molar-refractivity contribution is 5.42. The first-order chi connectivity index (χ1) is 8.45. The van der Waals surface area contributed by atoms with E-state index in [2.05, 4.69) is 15.3 Å². The van der Waals surface area contributed by atoms with Crippen molar-refractivity contribution < 1.29 is 17.9 Å². The molecule has 8 heteroatoms. The molecule has 0 aromatic carbocycles. The van der Waals surface area contributed by atoms with Gasteiger partial charge in [0.2, 0.25) is 5.95 Å². The third-order valence-electron chi connectivity index (χ3n) is 2.55. The van der Waals surface area contributed by atoms with Crippen LogP contribution in [0.15, 0.2) is 6.07 Å². The molecule has 0 aliphatic carbocycles. The van der Waals surface area contributed by atoms with Gasteiger partial charge < -0.3 is 15.8 Å². The Morgan fingerprint density at radius 3 is 2.78 bits per heavy atom. The minimum Gasteiger partial charge on any atom is -0.379 e. The van der Waals surface area contributed by atoms with E-state index in [4.69, 9.17) is 10.5 Å². The summed E-state index contributed by atoms with van der Waals surface area (Å²) in [4.78, 5) is 6.91. The molecule has 100 valence electrons. The normalized spacial score (nSPS) is 20.7. The summed E-state index contributed by atoms with van der Waals surface area (Å²) in [7, 11) is 0. The molecule has 1 aliphatic rings. The predicted molar refractivity (Wildman–Crippen MR) is 58.9 cm³/mol. The van der Waals surface area contributed by atoms with Crippen LogP contribution in [-0.4, -0.2) is 29.2 Å². The average molecular weight is 262 g/mol. The van der Waals surface area contributed by atoms with Crippen molar-refractivity contribution in [1.82, 2.24) is 9.97 Å². The summed E-state index contributed by atoms with van der Waals surface area (Å²) in [6, 6.07) is 0.805. The standard InChI is InChI=1S/C10H13F3N4O/c11-10(12,13)7-4-8(17-9(14)16-7)15-6-2-1-3-18-5-6/h4,6H,1-3,5H2,(H3,14,15,16,17). The Bertz CT molecular complexity index is 418. The van der Waals surface area contributed by atoms with Crippen molar-refractivity contribution in [2.45, 2.75) is 25.1 Å². The van der Waals surface area contributed by atoms with Crippen molar-refractivity contribution >= 4 is 11.8 Å². The molecule has 0 amide bonds. The molecule has 1 fully saturated rings. The van der Waals surface area contributed by atoms with Crippen LogP contribution in [0.1, 0.15) is 18.5 Å². The first kappa shape index (κ1) is 12.9. The number of hydrogen-bond acceptors (Lipinski definition) is 5. The topological polar surface area (TPSA) is 73.1 Å². The molecule has 3 N–H and O–H groups in total. The van der Waals surface area contributed by atoms with Crippen molar-refractivity contribution in [3.05, 3.63) is 11.8 Å². The van der Waals surface area contributed by atoms with E-state index < -0.39 is 17.8 Å². The number of hydrogen-bond donors (Lipinski definition) is 2. The lowest BCUT2D eigenvalue weighted by molar-refractivity contribution is -0.141. The molecule has 2 heterocycles. The fourth-order valence-electron chi connectivity index (χ4n) is 1.75. The molecule has 18 heavy (non-hydrogen) atoms. The Kier molecular flexibility index (Phi) is 3.55. The van der Waals surface area contributed by atoms with Gasteiger partial charge in [-0.3, -0.25) is 0 Å². The molecule has 5 nitrogen and oxygen atoms in total. The second kappa shape index (κ2) is 4.97. The summed E-state index contributed by atoms with van der Waals surface area (Å²) in [5.74, 6) is -0.325. The second-order valence-electron chi connectivity index (χ2n) is 4.05. The summed E-state index contributed by atoms with van der Waals surface area (Å²) in [5.41, 5.74) is 4.22. The van der Waals surface area contributed by atoms with E-state index in [-0.39, 0.29) is 11.9 Å². The van der Waals surface area contributed by atoms with Crippen LogP contribution >= 0.6 is 0 Å². The largest absolute Gasteiger partial charge is 0.433 e. The number of nitrogens with two attached hydrogens (primary N) is 1. The van der Waals surface area contributed by atoms with E-state index in [0.29, 0.717) is 13.2 Å². The number of nitrogens with one attached hydrogen (secondary N) is 1. The van der Waals surface area contributed by atoms with Crippen molar-refractivity contribution in [1.29, 1.82) is 0 Å². The van der Waals surface area contributed by atoms with Gasteiger partial charge in [0.15, 0.2) is 5.69 Å². The molecule has 1 aromatic rings. The lowest BCUT2D eigenvalue weighted by Crippen LogP contribution is -2.30. The highest BCUT2D eigenvalue weighted by atomic mass is 19.4. The molecule has 1 atom stereocenters. The van der Waals surface area contributed by atoms with Gasteiger partial charge in [-0.25, -0.2) is 4.98 Å². The van der Waals surface area contributed by atoms with Crippen LogP contribution < -0.4 is 11.1 Å². The number of rotatable bonds is 2. The average Bonchev–Trinajstić information content (AvgIpc) is 2.28. The van der Waals surface area contributed by atoms with Crippen molar-refractivity contribution in [2.24, 2.45) is 0 Å². The van der Waals surface area contributed by atoms with Crippen LogP contribution in [0, 0.1) is 0 Å². The van der Waals surface area contributed by atoms with E-state index in [1.54, 1.807) is 0 Å². The zero-order chi connectivity index (χ0) is 13.2. The molecule has 1 aliphatic heterocycles. The number of ether oxygens (including phenoxy) is 1. The molecular weight excluding hydrogens is 249 g/mol. The van der Waals surface area contributed by atoms with E-state index in [1.807, 2.05) is 0 Å². The molecule has 0 spiro atoms. The molecular formula is C10H13F3N4O. The quantitative estimate of drug-likeness (QED) is 0.848. The maximum Gasteiger partial charge on any atom is 0.433 e. The van der Waals surface area contributed by atoms with Gasteiger partial charge in [-0.15, -0.1) is 0 Å². The zero-order valence-corrected chi connectivity index (χ0v) is 9.50. The summed E-state index contributed by atoms with van der Waals surface area (Å²) < 4.78 is 42.8. The lowest BCUT2D eigenvalue weighted by atomic mass is 10.1. The van der Waals surface area contributed by atoms with Gasteiger partial charge in [-0.05, 0) is 12.8 Å². The molecule has 1 unspecified atom stereocenters. The smallest absolute Gasteiger partial charge is 0.379 e. The van der Waals surface area contributed by atoms with Crippen LogP contribution in [-0.2, 0) is 10.9 Å². The Morgan fingerprint density at radius 1 is 1.39 bits per heavy atom. The van der Waals surface area contributed by atoms with E-state index in [0.717, 1.165) is 18.9 Å². The Morgan fingerprint density at radius 2 is 2.17 bits per heavy atom. The molecule has 0 bridgehead atoms. The Balaban J connectivity index is 2.14. The molecule has 1 aromatic heterocycles. The van der Waals surface area contributed by atoms with Gasteiger partial charge in [0.25, 0.3) is 0 Å². The monoisotopic (exact) mass is 262 g/mol. The minimum atomic E-state index is -4.53.